The normalized spacial score (nSPS) is 19.3. The molecule has 2 aromatic heterocycles. The van der Waals surface area contributed by atoms with Crippen LogP contribution in [0.25, 0.3) is 0 Å². The van der Waals surface area contributed by atoms with E-state index in [2.05, 4.69) is 89.2 Å². The first-order valence-electron chi connectivity index (χ1n) is 9.85. The lowest BCUT2D eigenvalue weighted by Crippen LogP contribution is -2.30. The molecular formula is C23H26N4S. The minimum absolute atomic E-state index is 0.00123. The molecule has 0 bridgehead atoms. The maximum Gasteiger partial charge on any atom is 0.174 e. The zero-order valence-corrected chi connectivity index (χ0v) is 17.4. The Morgan fingerprint density at radius 3 is 2.50 bits per heavy atom. The van der Waals surface area contributed by atoms with Gasteiger partial charge in [-0.05, 0) is 67.0 Å². The molecule has 0 unspecified atom stereocenters. The van der Waals surface area contributed by atoms with Crippen molar-refractivity contribution >= 4 is 23.0 Å². The second-order valence-corrected chi connectivity index (χ2v) is 7.85. The highest BCUT2D eigenvalue weighted by Gasteiger charge is 2.41. The Hall–Kier alpha value is -2.66. The van der Waals surface area contributed by atoms with Crippen LogP contribution in [0, 0.1) is 0 Å². The van der Waals surface area contributed by atoms with E-state index >= 15 is 0 Å². The zero-order chi connectivity index (χ0) is 19.7. The number of benzene rings is 1. The van der Waals surface area contributed by atoms with Crippen LogP contribution in [0.2, 0.25) is 0 Å². The van der Waals surface area contributed by atoms with Gasteiger partial charge in [0, 0.05) is 30.3 Å². The van der Waals surface area contributed by atoms with E-state index in [4.69, 9.17) is 12.2 Å². The Balaban J connectivity index is 1.80. The molecular weight excluding hydrogens is 364 g/mol. The predicted molar refractivity (Wildman–Crippen MR) is 119 cm³/mol. The topological polar surface area (TPSA) is 33.1 Å². The van der Waals surface area contributed by atoms with Crippen LogP contribution in [0.1, 0.15) is 55.7 Å². The lowest BCUT2D eigenvalue weighted by atomic mass is 9.99. The van der Waals surface area contributed by atoms with Gasteiger partial charge in [0.1, 0.15) is 6.04 Å². The molecule has 1 aliphatic rings. The van der Waals surface area contributed by atoms with Crippen molar-refractivity contribution < 1.29 is 0 Å². The molecule has 3 heterocycles. The van der Waals surface area contributed by atoms with Gasteiger partial charge in [-0.2, -0.15) is 0 Å². The summed E-state index contributed by atoms with van der Waals surface area (Å²) in [4.78, 5) is 6.85. The lowest BCUT2D eigenvalue weighted by Gasteiger charge is -2.29. The Kier molecular flexibility index (Phi) is 5.18. The first-order chi connectivity index (χ1) is 13.6. The van der Waals surface area contributed by atoms with Crippen LogP contribution in [0.4, 0.5) is 5.69 Å². The molecule has 1 saturated heterocycles. The van der Waals surface area contributed by atoms with Crippen molar-refractivity contribution in [3.05, 3.63) is 83.9 Å². The van der Waals surface area contributed by atoms with Crippen LogP contribution in [0.3, 0.4) is 0 Å². The molecule has 144 valence electrons. The number of nitrogens with one attached hydrogen (secondary N) is 1. The highest BCUT2D eigenvalue weighted by Crippen LogP contribution is 2.41. The largest absolute Gasteiger partial charge is 0.351 e. The van der Waals surface area contributed by atoms with Gasteiger partial charge >= 0.3 is 0 Å². The van der Waals surface area contributed by atoms with Gasteiger partial charge in [0.15, 0.2) is 5.11 Å². The number of hydrogen-bond acceptors (Lipinski definition) is 2. The van der Waals surface area contributed by atoms with E-state index in [1.54, 1.807) is 0 Å². The molecule has 4 nitrogen and oxygen atoms in total. The van der Waals surface area contributed by atoms with Crippen molar-refractivity contribution in [2.45, 2.75) is 45.3 Å². The Bertz CT molecular complexity index is 946. The quantitative estimate of drug-likeness (QED) is 0.607. The second-order valence-electron chi connectivity index (χ2n) is 7.46. The predicted octanol–water partition coefficient (Wildman–Crippen LogP) is 5.20. The summed E-state index contributed by atoms with van der Waals surface area (Å²) in [6.45, 7) is 7.51. The molecule has 0 radical (unpaired) electrons. The van der Waals surface area contributed by atoms with E-state index in [-0.39, 0.29) is 12.1 Å². The summed E-state index contributed by atoms with van der Waals surface area (Å²) < 4.78 is 2.28. The standard InChI is InChI=1S/C23H26N4S/c1-4-26-15-7-9-20(26)22-21(19-8-5-6-14-24-19)25-23(28)27(22)18-12-10-17(11-13-18)16(2)3/h5-16,21-22H,4H2,1-3H3,(H,25,28)/t21-,22-/m0/s1. The summed E-state index contributed by atoms with van der Waals surface area (Å²) in [7, 11) is 0. The van der Waals surface area contributed by atoms with Crippen molar-refractivity contribution in [3.63, 3.8) is 0 Å². The summed E-state index contributed by atoms with van der Waals surface area (Å²) in [6.07, 6.45) is 3.97. The fraction of sp³-hybridized carbons (Fsp3) is 0.304. The second kappa shape index (κ2) is 7.76. The van der Waals surface area contributed by atoms with E-state index in [1.165, 1.54) is 11.3 Å². The van der Waals surface area contributed by atoms with Crippen molar-refractivity contribution in [2.75, 3.05) is 4.90 Å². The third-order valence-electron chi connectivity index (χ3n) is 5.44. The number of thiocarbonyl (C=S) groups is 1. The molecule has 2 atom stereocenters. The molecule has 0 aliphatic carbocycles. The van der Waals surface area contributed by atoms with Gasteiger partial charge in [-0.25, -0.2) is 0 Å². The number of aromatic nitrogens is 2. The minimum Gasteiger partial charge on any atom is -0.351 e. The zero-order valence-electron chi connectivity index (χ0n) is 16.5. The van der Waals surface area contributed by atoms with E-state index in [1.807, 2.05) is 18.3 Å². The molecule has 0 saturated carbocycles. The van der Waals surface area contributed by atoms with Gasteiger partial charge in [-0.15, -0.1) is 0 Å². The maximum absolute atomic E-state index is 5.79. The van der Waals surface area contributed by atoms with E-state index < -0.39 is 0 Å². The fourth-order valence-electron chi connectivity index (χ4n) is 3.94. The van der Waals surface area contributed by atoms with Gasteiger partial charge in [0.25, 0.3) is 0 Å². The molecule has 28 heavy (non-hydrogen) atoms. The Morgan fingerprint density at radius 2 is 1.86 bits per heavy atom. The number of pyridine rings is 1. The molecule has 1 aromatic carbocycles. The van der Waals surface area contributed by atoms with Gasteiger partial charge in [0.2, 0.25) is 0 Å². The average Bonchev–Trinajstić information content (AvgIpc) is 3.32. The highest BCUT2D eigenvalue weighted by atomic mass is 32.1. The van der Waals surface area contributed by atoms with Crippen LogP contribution < -0.4 is 10.2 Å². The van der Waals surface area contributed by atoms with Crippen molar-refractivity contribution in [3.8, 4) is 0 Å². The highest BCUT2D eigenvalue weighted by molar-refractivity contribution is 7.80. The van der Waals surface area contributed by atoms with Gasteiger partial charge in [0.05, 0.1) is 11.7 Å². The van der Waals surface area contributed by atoms with Gasteiger partial charge < -0.3 is 14.8 Å². The van der Waals surface area contributed by atoms with E-state index in [9.17, 15) is 0 Å². The number of anilines is 1. The lowest BCUT2D eigenvalue weighted by molar-refractivity contribution is 0.529. The number of rotatable bonds is 5. The van der Waals surface area contributed by atoms with E-state index in [0.29, 0.717) is 5.92 Å². The summed E-state index contributed by atoms with van der Waals surface area (Å²) >= 11 is 5.79. The fourth-order valence-corrected chi connectivity index (χ4v) is 4.28. The molecule has 1 N–H and O–H groups in total. The molecule has 1 fully saturated rings. The SMILES string of the molecule is CCn1cccc1[C@H]1[C@H](c2ccccn2)NC(=S)N1c1ccc(C(C)C)cc1. The molecule has 0 spiro atoms. The van der Waals surface area contributed by atoms with Gasteiger partial charge in [-0.3, -0.25) is 4.98 Å². The van der Waals surface area contributed by atoms with Crippen molar-refractivity contribution in [1.82, 2.24) is 14.9 Å². The van der Waals surface area contributed by atoms with E-state index in [0.717, 1.165) is 23.0 Å². The third kappa shape index (κ3) is 3.31. The molecule has 4 rings (SSSR count). The molecule has 1 aliphatic heterocycles. The van der Waals surface area contributed by atoms with Crippen molar-refractivity contribution in [2.24, 2.45) is 0 Å². The number of nitrogens with zero attached hydrogens (tertiary/aromatic N) is 3. The van der Waals surface area contributed by atoms with Crippen LogP contribution >= 0.6 is 12.2 Å². The van der Waals surface area contributed by atoms with Crippen molar-refractivity contribution in [1.29, 1.82) is 0 Å². The first-order valence-corrected chi connectivity index (χ1v) is 10.3. The molecule has 5 heteroatoms. The first kappa shape index (κ1) is 18.7. The summed E-state index contributed by atoms with van der Waals surface area (Å²) in [6, 6.07) is 19.1. The number of hydrogen-bond donors (Lipinski definition) is 1. The monoisotopic (exact) mass is 390 g/mol. The summed E-state index contributed by atoms with van der Waals surface area (Å²) in [5.41, 5.74) is 4.67. The smallest absolute Gasteiger partial charge is 0.174 e. The minimum atomic E-state index is -0.00123. The molecule has 3 aromatic rings. The maximum atomic E-state index is 5.79. The van der Waals surface area contributed by atoms with Crippen LogP contribution in [0.5, 0.6) is 0 Å². The number of aryl methyl sites for hydroxylation is 1. The van der Waals surface area contributed by atoms with Crippen LogP contribution in [0.15, 0.2) is 67.0 Å². The van der Waals surface area contributed by atoms with Crippen LogP contribution in [-0.2, 0) is 6.54 Å². The third-order valence-corrected chi connectivity index (χ3v) is 5.76. The molecule has 0 amide bonds. The summed E-state index contributed by atoms with van der Waals surface area (Å²) in [5, 5.41) is 4.27. The van der Waals surface area contributed by atoms with Gasteiger partial charge in [-0.1, -0.05) is 32.0 Å². The Morgan fingerprint density at radius 1 is 1.07 bits per heavy atom. The van der Waals surface area contributed by atoms with Crippen LogP contribution in [-0.4, -0.2) is 14.7 Å². The average molecular weight is 391 g/mol. The Labute approximate surface area is 172 Å². The summed E-state index contributed by atoms with van der Waals surface area (Å²) in [5.74, 6) is 0.507.